The number of aromatic nitrogens is 3. The number of ether oxygens (including phenoxy) is 1. The van der Waals surface area contributed by atoms with Crippen molar-refractivity contribution in [3.8, 4) is 0 Å². The molecule has 15 heavy (non-hydrogen) atoms. The second-order valence-corrected chi connectivity index (χ2v) is 4.06. The summed E-state index contributed by atoms with van der Waals surface area (Å²) in [6.45, 7) is 4.00. The maximum Gasteiger partial charge on any atom is 0.132 e. The van der Waals surface area contributed by atoms with Gasteiger partial charge in [0.25, 0.3) is 0 Å². The molecular formula is C11H19N3O. The van der Waals surface area contributed by atoms with E-state index in [1.165, 1.54) is 19.3 Å². The minimum atomic E-state index is 0.445. The van der Waals surface area contributed by atoms with E-state index in [0.29, 0.717) is 6.10 Å². The summed E-state index contributed by atoms with van der Waals surface area (Å²) in [6.07, 6.45) is 8.06. The number of aryl methyl sites for hydroxylation is 2. The Bertz CT molecular complexity index is 292. The molecule has 0 N–H and O–H groups in total. The maximum atomic E-state index is 5.69. The minimum absolute atomic E-state index is 0.445. The lowest BCUT2D eigenvalue weighted by Crippen LogP contribution is -2.20. The van der Waals surface area contributed by atoms with Crippen LogP contribution in [0, 0.1) is 0 Å². The molecule has 0 aromatic carbocycles. The molecule has 4 heteroatoms. The Hall–Kier alpha value is -0.900. The second kappa shape index (κ2) is 5.26. The van der Waals surface area contributed by atoms with E-state index in [1.807, 2.05) is 0 Å². The Kier molecular flexibility index (Phi) is 3.72. The first-order chi connectivity index (χ1) is 7.40. The predicted octanol–water partition coefficient (Wildman–Crippen LogP) is 1.80. The standard InChI is InChI=1S/C11H19N3O/c1-2-14-9-12-13-11(14)7-6-10-5-3-4-8-15-10/h9-10H,2-8H2,1H3. The summed E-state index contributed by atoms with van der Waals surface area (Å²) in [5, 5.41) is 8.06. The maximum absolute atomic E-state index is 5.69. The molecule has 1 aliphatic heterocycles. The largest absolute Gasteiger partial charge is 0.378 e. The van der Waals surface area contributed by atoms with Crippen LogP contribution < -0.4 is 0 Å². The quantitative estimate of drug-likeness (QED) is 0.759. The normalized spacial score (nSPS) is 21.8. The van der Waals surface area contributed by atoms with E-state index >= 15 is 0 Å². The molecule has 0 amide bonds. The van der Waals surface area contributed by atoms with Gasteiger partial charge in [-0.3, -0.25) is 0 Å². The molecule has 1 aromatic rings. The van der Waals surface area contributed by atoms with E-state index in [2.05, 4.69) is 21.7 Å². The molecule has 1 atom stereocenters. The molecule has 0 radical (unpaired) electrons. The van der Waals surface area contributed by atoms with E-state index in [4.69, 9.17) is 4.74 Å². The Balaban J connectivity index is 1.81. The zero-order valence-electron chi connectivity index (χ0n) is 9.35. The Morgan fingerprint density at radius 3 is 3.20 bits per heavy atom. The molecule has 0 bridgehead atoms. The van der Waals surface area contributed by atoms with Crippen molar-refractivity contribution in [2.45, 2.75) is 51.7 Å². The zero-order chi connectivity index (χ0) is 10.5. The lowest BCUT2D eigenvalue weighted by atomic mass is 10.0. The van der Waals surface area contributed by atoms with Crippen LogP contribution in [0.5, 0.6) is 0 Å². The number of nitrogens with zero attached hydrogens (tertiary/aromatic N) is 3. The molecule has 84 valence electrons. The van der Waals surface area contributed by atoms with Gasteiger partial charge in [0.05, 0.1) is 6.10 Å². The van der Waals surface area contributed by atoms with Gasteiger partial charge in [-0.2, -0.15) is 0 Å². The van der Waals surface area contributed by atoms with Gasteiger partial charge < -0.3 is 9.30 Å². The highest BCUT2D eigenvalue weighted by Crippen LogP contribution is 2.17. The fourth-order valence-electron chi connectivity index (χ4n) is 2.06. The first kappa shape index (κ1) is 10.6. The van der Waals surface area contributed by atoms with Crippen LogP contribution in [0.4, 0.5) is 0 Å². The van der Waals surface area contributed by atoms with E-state index in [1.54, 1.807) is 6.33 Å². The molecule has 2 rings (SSSR count). The summed E-state index contributed by atoms with van der Waals surface area (Å²) in [5.74, 6) is 1.09. The van der Waals surface area contributed by atoms with Crippen molar-refractivity contribution >= 4 is 0 Å². The first-order valence-electron chi connectivity index (χ1n) is 5.88. The molecule has 0 saturated carbocycles. The smallest absolute Gasteiger partial charge is 0.132 e. The Labute approximate surface area is 90.7 Å². The monoisotopic (exact) mass is 209 g/mol. The number of rotatable bonds is 4. The van der Waals surface area contributed by atoms with Crippen LogP contribution in [0.1, 0.15) is 38.4 Å². The van der Waals surface area contributed by atoms with Gasteiger partial charge in [-0.1, -0.05) is 0 Å². The third kappa shape index (κ3) is 2.78. The van der Waals surface area contributed by atoms with Crippen molar-refractivity contribution in [2.24, 2.45) is 0 Å². The van der Waals surface area contributed by atoms with Gasteiger partial charge in [0.2, 0.25) is 0 Å². The van der Waals surface area contributed by atoms with Crippen LogP contribution in [-0.2, 0) is 17.7 Å². The SMILES string of the molecule is CCn1cnnc1CCC1CCCCO1. The molecule has 1 fully saturated rings. The summed E-state index contributed by atoms with van der Waals surface area (Å²) < 4.78 is 7.79. The van der Waals surface area contributed by atoms with E-state index < -0.39 is 0 Å². The summed E-state index contributed by atoms with van der Waals surface area (Å²) in [5.41, 5.74) is 0. The molecule has 2 heterocycles. The van der Waals surface area contributed by atoms with Crippen LogP contribution in [0.3, 0.4) is 0 Å². The third-order valence-electron chi connectivity index (χ3n) is 3.00. The van der Waals surface area contributed by atoms with Crippen LogP contribution in [0.2, 0.25) is 0 Å². The van der Waals surface area contributed by atoms with Gasteiger partial charge in [-0.15, -0.1) is 10.2 Å². The number of hydrogen-bond donors (Lipinski definition) is 0. The lowest BCUT2D eigenvalue weighted by Gasteiger charge is -2.22. The average Bonchev–Trinajstić information content (AvgIpc) is 2.75. The minimum Gasteiger partial charge on any atom is -0.378 e. The van der Waals surface area contributed by atoms with E-state index in [0.717, 1.165) is 31.8 Å². The van der Waals surface area contributed by atoms with Crippen molar-refractivity contribution in [1.82, 2.24) is 14.8 Å². The molecule has 0 spiro atoms. The molecule has 1 unspecified atom stereocenters. The van der Waals surface area contributed by atoms with Gasteiger partial charge in [0.15, 0.2) is 0 Å². The van der Waals surface area contributed by atoms with Gasteiger partial charge in [0, 0.05) is 19.6 Å². The van der Waals surface area contributed by atoms with E-state index in [-0.39, 0.29) is 0 Å². The summed E-state index contributed by atoms with van der Waals surface area (Å²) in [7, 11) is 0. The number of hydrogen-bond acceptors (Lipinski definition) is 3. The molecule has 1 saturated heterocycles. The zero-order valence-corrected chi connectivity index (χ0v) is 9.35. The summed E-state index contributed by atoms with van der Waals surface area (Å²) >= 11 is 0. The third-order valence-corrected chi connectivity index (χ3v) is 3.00. The highest BCUT2D eigenvalue weighted by Gasteiger charge is 2.14. The summed E-state index contributed by atoms with van der Waals surface area (Å²) in [6, 6.07) is 0. The first-order valence-corrected chi connectivity index (χ1v) is 5.88. The van der Waals surface area contributed by atoms with Crippen molar-refractivity contribution in [3.05, 3.63) is 12.2 Å². The van der Waals surface area contributed by atoms with E-state index in [9.17, 15) is 0 Å². The molecule has 1 aliphatic rings. The lowest BCUT2D eigenvalue weighted by molar-refractivity contribution is 0.0111. The highest BCUT2D eigenvalue weighted by molar-refractivity contribution is 4.86. The fraction of sp³-hybridized carbons (Fsp3) is 0.818. The summed E-state index contributed by atoms with van der Waals surface area (Å²) in [4.78, 5) is 0. The molecular weight excluding hydrogens is 190 g/mol. The van der Waals surface area contributed by atoms with Crippen molar-refractivity contribution in [1.29, 1.82) is 0 Å². The molecule has 1 aromatic heterocycles. The Morgan fingerprint density at radius 2 is 2.47 bits per heavy atom. The topological polar surface area (TPSA) is 39.9 Å². The Morgan fingerprint density at radius 1 is 1.53 bits per heavy atom. The predicted molar refractivity (Wildman–Crippen MR) is 57.6 cm³/mol. The van der Waals surface area contributed by atoms with Crippen LogP contribution in [0.15, 0.2) is 6.33 Å². The van der Waals surface area contributed by atoms with Crippen LogP contribution >= 0.6 is 0 Å². The average molecular weight is 209 g/mol. The van der Waals surface area contributed by atoms with Gasteiger partial charge in [-0.25, -0.2) is 0 Å². The molecule has 4 nitrogen and oxygen atoms in total. The van der Waals surface area contributed by atoms with Gasteiger partial charge in [-0.05, 0) is 32.6 Å². The molecule has 0 aliphatic carbocycles. The fourth-order valence-corrected chi connectivity index (χ4v) is 2.06. The van der Waals surface area contributed by atoms with Gasteiger partial charge >= 0.3 is 0 Å². The van der Waals surface area contributed by atoms with Crippen molar-refractivity contribution < 1.29 is 4.74 Å². The van der Waals surface area contributed by atoms with Gasteiger partial charge in [0.1, 0.15) is 12.2 Å². The highest BCUT2D eigenvalue weighted by atomic mass is 16.5. The van der Waals surface area contributed by atoms with Crippen molar-refractivity contribution in [3.63, 3.8) is 0 Å². The van der Waals surface area contributed by atoms with Crippen LogP contribution in [0.25, 0.3) is 0 Å². The van der Waals surface area contributed by atoms with Crippen molar-refractivity contribution in [2.75, 3.05) is 6.61 Å². The second-order valence-electron chi connectivity index (χ2n) is 4.06. The van der Waals surface area contributed by atoms with Crippen LogP contribution in [-0.4, -0.2) is 27.5 Å².